The lowest BCUT2D eigenvalue weighted by Crippen LogP contribution is -2.33. The minimum Gasteiger partial charge on any atom is -0.396 e. The highest BCUT2D eigenvalue weighted by Crippen LogP contribution is 2.32. The molecule has 1 heterocycles. The lowest BCUT2D eigenvalue weighted by molar-refractivity contribution is -0.156. The highest BCUT2D eigenvalue weighted by Gasteiger charge is 2.28. The molecule has 0 aliphatic heterocycles. The van der Waals surface area contributed by atoms with Crippen molar-refractivity contribution >= 4 is 34.9 Å². The number of rotatable bonds is 4. The summed E-state index contributed by atoms with van der Waals surface area (Å²) in [5.74, 6) is -0.389. The maximum atomic E-state index is 12.0. The normalized spacial score (nSPS) is 11.5. The molecular weight excluding hydrogens is 327 g/mol. The number of benzene rings is 1. The number of carbonyl (C=O) groups excluding carboxylic acids is 1. The fourth-order valence-electron chi connectivity index (χ4n) is 1.51. The molecule has 1 aromatic carbocycles. The third kappa shape index (κ3) is 3.34. The zero-order valence-corrected chi connectivity index (χ0v) is 13.9. The van der Waals surface area contributed by atoms with Gasteiger partial charge in [0.25, 0.3) is 0 Å². The second kappa shape index (κ2) is 6.14. The molecule has 2 aromatic rings. The van der Waals surface area contributed by atoms with Crippen molar-refractivity contribution in [3.8, 4) is 11.3 Å². The predicted octanol–water partition coefficient (Wildman–Crippen LogP) is 3.23. The van der Waals surface area contributed by atoms with Crippen LogP contribution in [0.2, 0.25) is 10.0 Å². The number of nitrogen functional groups attached to an aromatic ring is 1. The summed E-state index contributed by atoms with van der Waals surface area (Å²) in [6.45, 7) is 5.51. The van der Waals surface area contributed by atoms with Gasteiger partial charge in [-0.2, -0.15) is 0 Å². The molecule has 0 aliphatic carbocycles. The standard InChI is InChI=1S/C14H16Cl2N4O2/c1-4-14(2,3)13(21)22-20-7-11(18-19-20)8-5-9(15)12(17)10(16)6-8/h5-7H,4,17H2,1-3H3. The summed E-state index contributed by atoms with van der Waals surface area (Å²) in [7, 11) is 0. The van der Waals surface area contributed by atoms with Gasteiger partial charge in [0.15, 0.2) is 0 Å². The first-order chi connectivity index (χ1) is 10.2. The molecule has 2 rings (SSSR count). The third-order valence-corrected chi connectivity index (χ3v) is 4.09. The number of nitrogens with zero attached hydrogens (tertiary/aromatic N) is 3. The zero-order chi connectivity index (χ0) is 16.5. The minimum atomic E-state index is -0.597. The maximum Gasteiger partial charge on any atom is 0.340 e. The number of hydrogen-bond donors (Lipinski definition) is 1. The molecule has 22 heavy (non-hydrogen) atoms. The van der Waals surface area contributed by atoms with Crippen molar-refractivity contribution in [3.05, 3.63) is 28.4 Å². The molecule has 0 unspecified atom stereocenters. The van der Waals surface area contributed by atoms with Crippen LogP contribution >= 0.6 is 23.2 Å². The molecule has 0 radical (unpaired) electrons. The van der Waals surface area contributed by atoms with Crippen molar-refractivity contribution in [3.63, 3.8) is 0 Å². The summed E-state index contributed by atoms with van der Waals surface area (Å²) >= 11 is 12.0. The second-order valence-electron chi connectivity index (χ2n) is 5.48. The largest absolute Gasteiger partial charge is 0.396 e. The molecule has 0 aliphatic rings. The fourth-order valence-corrected chi connectivity index (χ4v) is 2.00. The van der Waals surface area contributed by atoms with E-state index in [2.05, 4.69) is 10.3 Å². The topological polar surface area (TPSA) is 83.0 Å². The number of aromatic nitrogens is 3. The molecule has 0 amide bonds. The highest BCUT2D eigenvalue weighted by atomic mass is 35.5. The molecule has 0 saturated carbocycles. The summed E-state index contributed by atoms with van der Waals surface area (Å²) in [6, 6.07) is 3.24. The number of halogens is 2. The van der Waals surface area contributed by atoms with E-state index >= 15 is 0 Å². The average molecular weight is 343 g/mol. The lowest BCUT2D eigenvalue weighted by atomic mass is 9.91. The van der Waals surface area contributed by atoms with Crippen molar-refractivity contribution in [2.24, 2.45) is 5.41 Å². The Morgan fingerprint density at radius 3 is 2.50 bits per heavy atom. The molecule has 1 aromatic heterocycles. The smallest absolute Gasteiger partial charge is 0.340 e. The van der Waals surface area contributed by atoms with Gasteiger partial charge in [-0.25, -0.2) is 4.79 Å². The molecule has 2 N–H and O–H groups in total. The van der Waals surface area contributed by atoms with Gasteiger partial charge in [0.1, 0.15) is 5.69 Å². The molecule has 6 nitrogen and oxygen atoms in total. The van der Waals surface area contributed by atoms with Crippen LogP contribution in [-0.2, 0) is 4.79 Å². The van der Waals surface area contributed by atoms with Gasteiger partial charge >= 0.3 is 5.97 Å². The van der Waals surface area contributed by atoms with Crippen LogP contribution in [0.4, 0.5) is 5.69 Å². The summed E-state index contributed by atoms with van der Waals surface area (Å²) in [6.07, 6.45) is 2.12. The van der Waals surface area contributed by atoms with Crippen molar-refractivity contribution in [1.82, 2.24) is 15.2 Å². The van der Waals surface area contributed by atoms with E-state index in [1.54, 1.807) is 26.0 Å². The van der Waals surface area contributed by atoms with E-state index in [-0.39, 0.29) is 5.97 Å². The van der Waals surface area contributed by atoms with Crippen LogP contribution in [-0.4, -0.2) is 21.1 Å². The van der Waals surface area contributed by atoms with Crippen molar-refractivity contribution < 1.29 is 9.63 Å². The number of hydrogen-bond acceptors (Lipinski definition) is 5. The van der Waals surface area contributed by atoms with Gasteiger partial charge in [0, 0.05) is 5.56 Å². The van der Waals surface area contributed by atoms with E-state index in [0.717, 1.165) is 4.85 Å². The first-order valence-corrected chi connectivity index (χ1v) is 7.40. The third-order valence-electron chi connectivity index (χ3n) is 3.46. The second-order valence-corrected chi connectivity index (χ2v) is 6.29. The van der Waals surface area contributed by atoms with Gasteiger partial charge in [0.2, 0.25) is 0 Å². The van der Waals surface area contributed by atoms with E-state index in [9.17, 15) is 4.79 Å². The zero-order valence-electron chi connectivity index (χ0n) is 12.4. The minimum absolute atomic E-state index is 0.301. The summed E-state index contributed by atoms with van der Waals surface area (Å²) in [4.78, 5) is 18.2. The van der Waals surface area contributed by atoms with Gasteiger partial charge in [-0.1, -0.05) is 35.0 Å². The molecule has 8 heteroatoms. The summed E-state index contributed by atoms with van der Waals surface area (Å²) in [5, 5.41) is 8.35. The Bertz CT molecular complexity index is 690. The Kier molecular flexibility index (Phi) is 4.63. The van der Waals surface area contributed by atoms with Crippen LogP contribution in [0, 0.1) is 5.41 Å². The van der Waals surface area contributed by atoms with Crippen molar-refractivity contribution in [2.75, 3.05) is 5.73 Å². The molecule has 0 fully saturated rings. The van der Waals surface area contributed by atoms with Crippen LogP contribution in [0.1, 0.15) is 27.2 Å². The van der Waals surface area contributed by atoms with E-state index in [4.69, 9.17) is 33.8 Å². The van der Waals surface area contributed by atoms with E-state index < -0.39 is 5.41 Å². The number of nitrogens with two attached hydrogens (primary N) is 1. The molecule has 0 spiro atoms. The van der Waals surface area contributed by atoms with Crippen molar-refractivity contribution in [2.45, 2.75) is 27.2 Å². The predicted molar refractivity (Wildman–Crippen MR) is 85.5 cm³/mol. The van der Waals surface area contributed by atoms with Crippen LogP contribution < -0.4 is 10.6 Å². The van der Waals surface area contributed by atoms with Crippen molar-refractivity contribution in [1.29, 1.82) is 0 Å². The van der Waals surface area contributed by atoms with Crippen LogP contribution in [0.5, 0.6) is 0 Å². The van der Waals surface area contributed by atoms with Crippen LogP contribution in [0.25, 0.3) is 11.3 Å². The quantitative estimate of drug-likeness (QED) is 0.681. The average Bonchev–Trinajstić information content (AvgIpc) is 2.92. The van der Waals surface area contributed by atoms with Gasteiger partial charge < -0.3 is 10.6 Å². The Morgan fingerprint density at radius 1 is 1.36 bits per heavy atom. The van der Waals surface area contributed by atoms with Gasteiger partial charge in [-0.3, -0.25) is 0 Å². The summed E-state index contributed by atoms with van der Waals surface area (Å²) in [5.41, 5.74) is 6.48. The monoisotopic (exact) mass is 342 g/mol. The Labute approximate surface area is 138 Å². The maximum absolute atomic E-state index is 12.0. The van der Waals surface area contributed by atoms with Gasteiger partial charge in [0.05, 0.1) is 27.3 Å². The first kappa shape index (κ1) is 16.6. The van der Waals surface area contributed by atoms with Gasteiger partial charge in [-0.05, 0) is 37.6 Å². The Morgan fingerprint density at radius 2 is 1.95 bits per heavy atom. The van der Waals surface area contributed by atoms with Crippen LogP contribution in [0.3, 0.4) is 0 Å². The van der Waals surface area contributed by atoms with E-state index in [0.29, 0.717) is 33.4 Å². The van der Waals surface area contributed by atoms with Crippen LogP contribution in [0.15, 0.2) is 18.3 Å². The Balaban J connectivity index is 2.24. The van der Waals surface area contributed by atoms with Gasteiger partial charge in [-0.15, -0.1) is 5.10 Å². The molecular formula is C14H16Cl2N4O2. The summed E-state index contributed by atoms with van der Waals surface area (Å²) < 4.78 is 0. The molecule has 0 bridgehead atoms. The van der Waals surface area contributed by atoms with E-state index in [1.165, 1.54) is 6.20 Å². The Hall–Kier alpha value is -1.79. The lowest BCUT2D eigenvalue weighted by Gasteiger charge is -2.18. The first-order valence-electron chi connectivity index (χ1n) is 6.64. The number of anilines is 1. The SMILES string of the molecule is CCC(C)(C)C(=O)On1cc(-c2cc(Cl)c(N)c(Cl)c2)nn1. The highest BCUT2D eigenvalue weighted by molar-refractivity contribution is 6.39. The molecule has 118 valence electrons. The molecule has 0 atom stereocenters. The fraction of sp³-hybridized carbons (Fsp3) is 0.357. The number of carbonyl (C=O) groups is 1. The van der Waals surface area contributed by atoms with E-state index in [1.807, 2.05) is 6.92 Å². The molecule has 0 saturated heterocycles.